The molecule has 0 aliphatic heterocycles. The van der Waals surface area contributed by atoms with Crippen LogP contribution in [0.25, 0.3) is 0 Å². The van der Waals surface area contributed by atoms with Gasteiger partial charge in [0.1, 0.15) is 0 Å². The molecule has 0 spiro atoms. The van der Waals surface area contributed by atoms with Gasteiger partial charge in [-0.2, -0.15) is 0 Å². The predicted molar refractivity (Wildman–Crippen MR) is 32.2 cm³/mol. The predicted octanol–water partition coefficient (Wildman–Crippen LogP) is -2.46. The van der Waals surface area contributed by atoms with Crippen LogP contribution in [0.15, 0.2) is 0 Å². The van der Waals surface area contributed by atoms with E-state index in [-0.39, 0.29) is 19.5 Å². The minimum Gasteiger partial charge on any atom is -0.800 e. The zero-order chi connectivity index (χ0) is 8.57. The number of hydrogen-bond donors (Lipinski definition) is 2. The Balaban J connectivity index is -0.000000107. The van der Waals surface area contributed by atoms with Crippen LogP contribution in [0.2, 0.25) is 0 Å². The molecular weight excluding hydrogens is 247 g/mol. The monoisotopic (exact) mass is 254 g/mol. The molecule has 0 saturated carbocycles. The van der Waals surface area contributed by atoms with E-state index >= 15 is 0 Å². The van der Waals surface area contributed by atoms with Crippen LogP contribution in [-0.2, 0) is 28.6 Å². The summed E-state index contributed by atoms with van der Waals surface area (Å²) in [7, 11) is -5.64. The maximum atomic E-state index is 9.19. The van der Waals surface area contributed by atoms with Crippen molar-refractivity contribution in [1.29, 1.82) is 0 Å². The van der Waals surface area contributed by atoms with Crippen LogP contribution in [0.3, 0.4) is 0 Å². The van der Waals surface area contributed by atoms with Crippen LogP contribution in [0.5, 0.6) is 0 Å². The maximum Gasteiger partial charge on any atom is 2.00 e. The van der Waals surface area contributed by atoms with Crippen molar-refractivity contribution < 1.29 is 48.6 Å². The molecule has 64 valence electrons. The Kier molecular flexibility index (Phi) is 21.9. The van der Waals surface area contributed by atoms with Crippen molar-refractivity contribution in [3.8, 4) is 0 Å². The second-order valence-corrected chi connectivity index (χ2v) is 3.18. The fourth-order valence-electron chi connectivity index (χ4n) is 0. The minimum absolute atomic E-state index is 0. The van der Waals surface area contributed by atoms with E-state index in [9.17, 15) is 18.9 Å². The van der Waals surface area contributed by atoms with Crippen LogP contribution in [0.1, 0.15) is 0 Å². The quantitative estimate of drug-likeness (QED) is 0.417. The minimum atomic E-state index is -2.82. The molecule has 11 heavy (non-hydrogen) atoms. The van der Waals surface area contributed by atoms with E-state index in [1.54, 1.807) is 0 Å². The first-order valence-corrected chi connectivity index (χ1v) is 5.20. The fourth-order valence-corrected chi connectivity index (χ4v) is 0. The molecular formula is C2H8O6P2Zn. The van der Waals surface area contributed by atoms with Gasteiger partial charge in [0.05, 0.1) is 12.7 Å². The summed E-state index contributed by atoms with van der Waals surface area (Å²) in [6.45, 7) is 0. The zero-order valence-corrected chi connectivity index (χ0v) is 10.6. The standard InChI is InChI=1S/2CH5O3P.Zn/c2*2-1-5(3)4;/h2*2,5H,1H2,(H,3,4);/q;;+2/p-2. The van der Waals surface area contributed by atoms with Gasteiger partial charge in [0.15, 0.2) is 0 Å². The van der Waals surface area contributed by atoms with Crippen molar-refractivity contribution in [3.05, 3.63) is 0 Å². The number of aliphatic hydroxyl groups is 2. The summed E-state index contributed by atoms with van der Waals surface area (Å²) in [4.78, 5) is 18.4. The van der Waals surface area contributed by atoms with Gasteiger partial charge in [0.2, 0.25) is 0 Å². The van der Waals surface area contributed by atoms with Crippen molar-refractivity contribution >= 4 is 16.1 Å². The van der Waals surface area contributed by atoms with Crippen molar-refractivity contribution in [2.75, 3.05) is 12.7 Å². The fraction of sp³-hybridized carbons (Fsp3) is 1.00. The first-order valence-electron chi connectivity index (χ1n) is 2.16. The Morgan fingerprint density at radius 3 is 1.09 bits per heavy atom. The van der Waals surface area contributed by atoms with Gasteiger partial charge in [-0.15, -0.1) is 0 Å². The summed E-state index contributed by atoms with van der Waals surface area (Å²) in [5.74, 6) is 0. The zero-order valence-electron chi connectivity index (χ0n) is 5.65. The summed E-state index contributed by atoms with van der Waals surface area (Å²) in [5, 5.41) is 15.1. The molecule has 0 aliphatic carbocycles. The van der Waals surface area contributed by atoms with Gasteiger partial charge >= 0.3 is 19.5 Å². The summed E-state index contributed by atoms with van der Waals surface area (Å²) in [6.07, 6.45) is -1.41. The molecule has 0 fully saturated rings. The van der Waals surface area contributed by atoms with Crippen LogP contribution in [0.4, 0.5) is 0 Å². The van der Waals surface area contributed by atoms with E-state index in [1.165, 1.54) is 0 Å². The van der Waals surface area contributed by atoms with E-state index in [1.807, 2.05) is 0 Å². The van der Waals surface area contributed by atoms with Gasteiger partial charge in [-0.3, -0.25) is 0 Å². The van der Waals surface area contributed by atoms with Crippen LogP contribution in [-0.4, -0.2) is 22.9 Å². The van der Waals surface area contributed by atoms with Crippen LogP contribution in [0, 0.1) is 0 Å². The van der Waals surface area contributed by atoms with Gasteiger partial charge in [-0.1, -0.05) is 0 Å². The van der Waals surface area contributed by atoms with Gasteiger partial charge in [0, 0.05) is 16.1 Å². The normalized spacial score (nSPS) is 13.5. The van der Waals surface area contributed by atoms with Gasteiger partial charge < -0.3 is 29.1 Å². The molecule has 2 N–H and O–H groups in total. The van der Waals surface area contributed by atoms with Crippen molar-refractivity contribution in [2.45, 2.75) is 0 Å². The van der Waals surface area contributed by atoms with Gasteiger partial charge in [-0.05, 0) is 0 Å². The van der Waals surface area contributed by atoms with Crippen LogP contribution >= 0.6 is 16.1 Å². The molecule has 0 aliphatic rings. The molecule has 0 rings (SSSR count). The summed E-state index contributed by atoms with van der Waals surface area (Å²) in [5.41, 5.74) is 0. The van der Waals surface area contributed by atoms with Gasteiger partial charge in [0.25, 0.3) is 0 Å². The maximum absolute atomic E-state index is 9.19. The van der Waals surface area contributed by atoms with Crippen molar-refractivity contribution in [2.24, 2.45) is 0 Å². The summed E-state index contributed by atoms with van der Waals surface area (Å²) < 4.78 is 18.4. The van der Waals surface area contributed by atoms with Crippen molar-refractivity contribution in [3.63, 3.8) is 0 Å². The second-order valence-electron chi connectivity index (χ2n) is 1.06. The molecule has 6 nitrogen and oxygen atoms in total. The molecule has 0 aromatic rings. The summed E-state index contributed by atoms with van der Waals surface area (Å²) >= 11 is 0. The molecule has 2 unspecified atom stereocenters. The molecule has 0 aromatic carbocycles. The average Bonchev–Trinajstić information content (AvgIpc) is 1.89. The average molecular weight is 255 g/mol. The van der Waals surface area contributed by atoms with Crippen LogP contribution < -0.4 is 9.79 Å². The van der Waals surface area contributed by atoms with Crippen molar-refractivity contribution in [1.82, 2.24) is 0 Å². The summed E-state index contributed by atoms with van der Waals surface area (Å²) in [6, 6.07) is 0. The molecule has 2 atom stereocenters. The number of hydrogen-bond acceptors (Lipinski definition) is 6. The largest absolute Gasteiger partial charge is 2.00 e. The third kappa shape index (κ3) is 35.9. The molecule has 0 amide bonds. The van der Waals surface area contributed by atoms with E-state index in [0.717, 1.165) is 0 Å². The molecule has 9 heteroatoms. The van der Waals surface area contributed by atoms with E-state index in [0.29, 0.717) is 0 Å². The third-order valence-corrected chi connectivity index (χ3v) is 0.775. The Hall–Kier alpha value is 0.923. The van der Waals surface area contributed by atoms with E-state index in [2.05, 4.69) is 0 Å². The Morgan fingerprint density at radius 2 is 1.09 bits per heavy atom. The first-order chi connectivity index (χ1) is 4.54. The molecule has 0 radical (unpaired) electrons. The Bertz CT molecular complexity index is 103. The van der Waals surface area contributed by atoms with E-state index in [4.69, 9.17) is 10.2 Å². The molecule has 0 aromatic heterocycles. The van der Waals surface area contributed by atoms with E-state index < -0.39 is 28.8 Å². The number of aliphatic hydroxyl groups excluding tert-OH is 2. The third-order valence-electron chi connectivity index (χ3n) is 0.258. The Morgan fingerprint density at radius 1 is 1.00 bits per heavy atom. The molecule has 0 bridgehead atoms. The topological polar surface area (TPSA) is 121 Å². The molecule has 0 saturated heterocycles. The smallest absolute Gasteiger partial charge is 0.800 e. The number of rotatable bonds is 2. The Labute approximate surface area is 77.8 Å². The first kappa shape index (κ1) is 17.9. The SMILES string of the molecule is O=[PH]([O-])CO.O=[PH]([O-])CO.[Zn+2]. The second kappa shape index (κ2) is 13.5. The molecule has 0 heterocycles. The van der Waals surface area contributed by atoms with Gasteiger partial charge in [-0.25, -0.2) is 0 Å².